The molecule has 0 spiro atoms. The van der Waals surface area contributed by atoms with Crippen LogP contribution in [0, 0.1) is 5.92 Å². The first-order valence-corrected chi connectivity index (χ1v) is 7.95. The van der Waals surface area contributed by atoms with Crippen LogP contribution >= 0.6 is 0 Å². The molecule has 23 heavy (non-hydrogen) atoms. The Kier molecular flexibility index (Phi) is 4.43. The van der Waals surface area contributed by atoms with Crippen molar-refractivity contribution in [2.45, 2.75) is 38.7 Å². The highest BCUT2D eigenvalue weighted by Crippen LogP contribution is 2.39. The summed E-state index contributed by atoms with van der Waals surface area (Å²) in [7, 11) is 0. The van der Waals surface area contributed by atoms with Gasteiger partial charge in [0.2, 0.25) is 11.7 Å². The van der Waals surface area contributed by atoms with Crippen LogP contribution in [-0.2, 0) is 0 Å². The molecular weight excluding hydrogens is 294 g/mol. The van der Waals surface area contributed by atoms with E-state index in [-0.39, 0.29) is 18.4 Å². The zero-order chi connectivity index (χ0) is 16.4. The molecule has 1 aliphatic rings. The normalized spacial score (nSPS) is 15.7. The maximum absolute atomic E-state index is 12.2. The van der Waals surface area contributed by atoms with E-state index in [2.05, 4.69) is 15.5 Å². The fraction of sp³-hybridized carbons (Fsp3) is 0.471. The van der Waals surface area contributed by atoms with Gasteiger partial charge >= 0.3 is 0 Å². The number of nitrogens with one attached hydrogen (secondary N) is 1. The van der Waals surface area contributed by atoms with Crippen molar-refractivity contribution in [3.63, 3.8) is 0 Å². The maximum atomic E-state index is 12.2. The number of carbonyl (C=O) groups is 1. The maximum Gasteiger partial charge on any atom is 0.251 e. The molecule has 0 bridgehead atoms. The van der Waals surface area contributed by atoms with Crippen LogP contribution in [0.3, 0.4) is 0 Å². The molecule has 0 saturated heterocycles. The van der Waals surface area contributed by atoms with Crippen LogP contribution in [0.4, 0.5) is 0 Å². The van der Waals surface area contributed by atoms with Gasteiger partial charge in [0.05, 0.1) is 6.10 Å². The van der Waals surface area contributed by atoms with Gasteiger partial charge in [0.25, 0.3) is 5.91 Å². The third-order valence-electron chi connectivity index (χ3n) is 3.99. The van der Waals surface area contributed by atoms with Gasteiger partial charge in [0, 0.05) is 23.6 Å². The Bertz CT molecular complexity index is 692. The quantitative estimate of drug-likeness (QED) is 0.854. The molecule has 1 amide bonds. The minimum Gasteiger partial charge on any atom is -0.391 e. The van der Waals surface area contributed by atoms with Crippen LogP contribution in [0.5, 0.6) is 0 Å². The molecule has 6 nitrogen and oxygen atoms in total. The minimum atomic E-state index is -0.555. The molecule has 1 aromatic carbocycles. The van der Waals surface area contributed by atoms with E-state index in [0.717, 1.165) is 18.4 Å². The molecule has 1 aliphatic carbocycles. The standard InChI is InChI=1S/C17H21N3O3/c1-10(2)14(21)9-18-16(22)13-5-3-4-12(8-13)15-19-17(23-20-15)11-6-7-11/h3-5,8,10-11,14,21H,6-7,9H2,1-2H3,(H,18,22). The summed E-state index contributed by atoms with van der Waals surface area (Å²) in [5.74, 6) is 1.46. The zero-order valence-electron chi connectivity index (χ0n) is 13.3. The monoisotopic (exact) mass is 315 g/mol. The fourth-order valence-corrected chi connectivity index (χ4v) is 2.18. The molecule has 1 heterocycles. The van der Waals surface area contributed by atoms with Gasteiger partial charge in [0.1, 0.15) is 0 Å². The minimum absolute atomic E-state index is 0.0989. The van der Waals surface area contributed by atoms with E-state index in [0.29, 0.717) is 23.2 Å². The van der Waals surface area contributed by atoms with E-state index in [1.165, 1.54) is 0 Å². The third-order valence-corrected chi connectivity index (χ3v) is 3.99. The Morgan fingerprint density at radius 3 is 2.91 bits per heavy atom. The van der Waals surface area contributed by atoms with Crippen molar-refractivity contribution in [2.24, 2.45) is 5.92 Å². The molecule has 1 atom stereocenters. The number of hydrogen-bond donors (Lipinski definition) is 2. The number of nitrogens with zero attached hydrogens (tertiary/aromatic N) is 2. The fourth-order valence-electron chi connectivity index (χ4n) is 2.18. The van der Waals surface area contributed by atoms with Crippen molar-refractivity contribution in [2.75, 3.05) is 6.54 Å². The van der Waals surface area contributed by atoms with Crippen LogP contribution in [0.1, 0.15) is 48.9 Å². The molecule has 1 unspecified atom stereocenters. The SMILES string of the molecule is CC(C)C(O)CNC(=O)c1cccc(-c2noc(C3CC3)n2)c1. The van der Waals surface area contributed by atoms with Crippen molar-refractivity contribution in [3.05, 3.63) is 35.7 Å². The molecule has 122 valence electrons. The van der Waals surface area contributed by atoms with Gasteiger partial charge < -0.3 is 14.9 Å². The first kappa shape index (κ1) is 15.7. The van der Waals surface area contributed by atoms with Gasteiger partial charge in [-0.3, -0.25) is 4.79 Å². The van der Waals surface area contributed by atoms with Crippen molar-refractivity contribution in [1.82, 2.24) is 15.5 Å². The molecule has 2 N–H and O–H groups in total. The number of hydrogen-bond acceptors (Lipinski definition) is 5. The van der Waals surface area contributed by atoms with Gasteiger partial charge in [-0.1, -0.05) is 31.1 Å². The summed E-state index contributed by atoms with van der Waals surface area (Å²) >= 11 is 0. The first-order valence-electron chi connectivity index (χ1n) is 7.95. The second-order valence-electron chi connectivity index (χ2n) is 6.33. The molecule has 0 aliphatic heterocycles. The Morgan fingerprint density at radius 1 is 1.43 bits per heavy atom. The second-order valence-corrected chi connectivity index (χ2v) is 6.33. The molecule has 1 aromatic heterocycles. The lowest BCUT2D eigenvalue weighted by atomic mass is 10.1. The van der Waals surface area contributed by atoms with Crippen LogP contribution in [0.25, 0.3) is 11.4 Å². The van der Waals surface area contributed by atoms with Gasteiger partial charge in [-0.15, -0.1) is 0 Å². The summed E-state index contributed by atoms with van der Waals surface area (Å²) < 4.78 is 5.25. The Balaban J connectivity index is 1.69. The van der Waals surface area contributed by atoms with Crippen LogP contribution in [0.15, 0.2) is 28.8 Å². The summed E-state index contributed by atoms with van der Waals surface area (Å²) in [5, 5.41) is 16.5. The zero-order valence-corrected chi connectivity index (χ0v) is 13.3. The highest BCUT2D eigenvalue weighted by atomic mass is 16.5. The molecule has 6 heteroatoms. The number of benzene rings is 1. The second kappa shape index (κ2) is 6.50. The van der Waals surface area contributed by atoms with E-state index in [4.69, 9.17) is 4.52 Å². The molecule has 0 radical (unpaired) electrons. The average Bonchev–Trinajstić information content (AvgIpc) is 3.29. The summed E-state index contributed by atoms with van der Waals surface area (Å²) in [6, 6.07) is 7.10. The summed E-state index contributed by atoms with van der Waals surface area (Å²) in [6.07, 6.45) is 1.64. The molecule has 1 saturated carbocycles. The van der Waals surface area contributed by atoms with Crippen molar-refractivity contribution < 1.29 is 14.4 Å². The summed E-state index contributed by atoms with van der Waals surface area (Å²) in [5.41, 5.74) is 1.26. The topological polar surface area (TPSA) is 88.2 Å². The first-order chi connectivity index (χ1) is 11.0. The van der Waals surface area contributed by atoms with Gasteiger partial charge in [0.15, 0.2) is 0 Å². The van der Waals surface area contributed by atoms with E-state index in [1.807, 2.05) is 19.9 Å². The molecule has 2 aromatic rings. The van der Waals surface area contributed by atoms with Gasteiger partial charge in [-0.05, 0) is 30.9 Å². The van der Waals surface area contributed by atoms with E-state index < -0.39 is 6.10 Å². The van der Waals surface area contributed by atoms with Crippen LogP contribution in [-0.4, -0.2) is 33.8 Å². The highest BCUT2D eigenvalue weighted by molar-refractivity contribution is 5.95. The van der Waals surface area contributed by atoms with E-state index >= 15 is 0 Å². The van der Waals surface area contributed by atoms with Gasteiger partial charge in [-0.25, -0.2) is 0 Å². The third kappa shape index (κ3) is 3.76. The molecule has 3 rings (SSSR count). The van der Waals surface area contributed by atoms with E-state index in [9.17, 15) is 9.90 Å². The number of aliphatic hydroxyl groups excluding tert-OH is 1. The predicted molar refractivity (Wildman–Crippen MR) is 84.9 cm³/mol. The lowest BCUT2D eigenvalue weighted by Crippen LogP contribution is -2.34. The summed E-state index contributed by atoms with van der Waals surface area (Å²) in [4.78, 5) is 16.6. The van der Waals surface area contributed by atoms with Crippen LogP contribution in [0.2, 0.25) is 0 Å². The lowest BCUT2D eigenvalue weighted by Gasteiger charge is -2.15. The van der Waals surface area contributed by atoms with Crippen LogP contribution < -0.4 is 5.32 Å². The number of carbonyl (C=O) groups excluding carboxylic acids is 1. The highest BCUT2D eigenvalue weighted by Gasteiger charge is 2.29. The largest absolute Gasteiger partial charge is 0.391 e. The van der Waals surface area contributed by atoms with Crippen molar-refractivity contribution >= 4 is 5.91 Å². The van der Waals surface area contributed by atoms with Crippen molar-refractivity contribution in [1.29, 1.82) is 0 Å². The smallest absolute Gasteiger partial charge is 0.251 e. The number of amides is 1. The molecular formula is C17H21N3O3. The Morgan fingerprint density at radius 2 is 2.22 bits per heavy atom. The lowest BCUT2D eigenvalue weighted by molar-refractivity contribution is 0.0871. The number of aromatic nitrogens is 2. The van der Waals surface area contributed by atoms with E-state index in [1.54, 1.807) is 18.2 Å². The predicted octanol–water partition coefficient (Wildman–Crippen LogP) is 2.36. The molecule has 1 fully saturated rings. The van der Waals surface area contributed by atoms with Gasteiger partial charge in [-0.2, -0.15) is 4.98 Å². The number of aliphatic hydroxyl groups is 1. The summed E-state index contributed by atoms with van der Waals surface area (Å²) in [6.45, 7) is 4.05. The Hall–Kier alpha value is -2.21. The average molecular weight is 315 g/mol. The Labute approximate surface area is 134 Å². The number of rotatable bonds is 6. The van der Waals surface area contributed by atoms with Crippen molar-refractivity contribution in [3.8, 4) is 11.4 Å².